The van der Waals surface area contributed by atoms with Crippen LogP contribution in [0, 0.1) is 0 Å². The van der Waals surface area contributed by atoms with Crippen LogP contribution in [0.25, 0.3) is 10.9 Å². The van der Waals surface area contributed by atoms with E-state index >= 15 is 0 Å². The van der Waals surface area contributed by atoms with Gasteiger partial charge in [-0.3, -0.25) is 14.2 Å². The van der Waals surface area contributed by atoms with Gasteiger partial charge in [0.1, 0.15) is 12.3 Å². The quantitative estimate of drug-likeness (QED) is 0.683. The number of aromatic nitrogens is 2. The van der Waals surface area contributed by atoms with Gasteiger partial charge in [0, 0.05) is 11.6 Å². The number of rotatable bonds is 6. The third-order valence-corrected chi connectivity index (χ3v) is 4.57. The minimum atomic E-state index is -0.371. The van der Waals surface area contributed by atoms with Crippen LogP contribution in [0.15, 0.2) is 47.5 Å². The smallest absolute Gasteiger partial charge is 0.261 e. The first-order valence-corrected chi connectivity index (χ1v) is 8.98. The van der Waals surface area contributed by atoms with Gasteiger partial charge in [-0.2, -0.15) is 0 Å². The molecule has 0 aliphatic carbocycles. The second-order valence-corrected chi connectivity index (χ2v) is 6.72. The van der Waals surface area contributed by atoms with Gasteiger partial charge in [-0.05, 0) is 30.2 Å². The summed E-state index contributed by atoms with van der Waals surface area (Å²) in [7, 11) is 1.61. The van der Waals surface area contributed by atoms with Crippen LogP contribution in [-0.2, 0) is 17.8 Å². The molecule has 0 saturated heterocycles. The molecule has 6 nitrogen and oxygen atoms in total. The van der Waals surface area contributed by atoms with Gasteiger partial charge in [0.05, 0.1) is 29.4 Å². The summed E-state index contributed by atoms with van der Waals surface area (Å²) in [6.45, 7) is 0.282. The molecule has 1 amide bonds. The topological polar surface area (TPSA) is 73.2 Å². The van der Waals surface area contributed by atoms with Crippen LogP contribution in [0.3, 0.4) is 0 Å². The highest BCUT2D eigenvalue weighted by Crippen LogP contribution is 2.23. The molecule has 0 bridgehead atoms. The summed E-state index contributed by atoms with van der Waals surface area (Å²) in [5.41, 5.74) is 0.984. The number of fused-ring (bicyclic) bond motifs is 1. The predicted molar refractivity (Wildman–Crippen MR) is 106 cm³/mol. The van der Waals surface area contributed by atoms with E-state index in [-0.39, 0.29) is 23.4 Å². The lowest BCUT2D eigenvalue weighted by atomic mass is 10.1. The molecule has 3 rings (SSSR count). The van der Waals surface area contributed by atoms with E-state index in [0.29, 0.717) is 28.5 Å². The number of carbonyl (C=O) groups is 1. The fourth-order valence-electron chi connectivity index (χ4n) is 2.76. The lowest BCUT2D eigenvalue weighted by Gasteiger charge is -2.10. The van der Waals surface area contributed by atoms with Gasteiger partial charge in [-0.25, -0.2) is 4.98 Å². The first kappa shape index (κ1) is 19.2. The third-order valence-electron chi connectivity index (χ3n) is 4.07. The maximum Gasteiger partial charge on any atom is 0.261 e. The molecule has 27 heavy (non-hydrogen) atoms. The van der Waals surface area contributed by atoms with Crippen molar-refractivity contribution in [3.05, 3.63) is 68.7 Å². The number of para-hydroxylation sites is 1. The highest BCUT2D eigenvalue weighted by molar-refractivity contribution is 6.38. The lowest BCUT2D eigenvalue weighted by molar-refractivity contribution is -0.121. The first-order chi connectivity index (χ1) is 13.0. The number of nitrogens with zero attached hydrogens (tertiary/aromatic N) is 2. The Morgan fingerprint density at radius 2 is 2.04 bits per heavy atom. The van der Waals surface area contributed by atoms with Crippen LogP contribution >= 0.6 is 23.2 Å². The summed E-state index contributed by atoms with van der Waals surface area (Å²) in [5, 5.41) is 3.70. The molecular formula is C19H17Cl2N3O3. The van der Waals surface area contributed by atoms with Gasteiger partial charge in [-0.1, -0.05) is 41.4 Å². The molecule has 0 spiro atoms. The largest absolute Gasteiger partial charge is 0.496 e. The number of hydrogen-bond donors (Lipinski definition) is 1. The Balaban J connectivity index is 1.67. The molecular weight excluding hydrogens is 389 g/mol. The fraction of sp³-hybridized carbons (Fsp3) is 0.211. The van der Waals surface area contributed by atoms with Crippen LogP contribution < -0.4 is 15.6 Å². The minimum absolute atomic E-state index is 0.141. The van der Waals surface area contributed by atoms with Gasteiger partial charge in [0.2, 0.25) is 5.91 Å². The highest BCUT2D eigenvalue weighted by atomic mass is 35.5. The van der Waals surface area contributed by atoms with Crippen molar-refractivity contribution >= 4 is 40.0 Å². The van der Waals surface area contributed by atoms with Crippen molar-refractivity contribution in [3.63, 3.8) is 0 Å². The number of halogens is 2. The van der Waals surface area contributed by atoms with E-state index in [9.17, 15) is 9.59 Å². The molecule has 0 aliphatic rings. The Hall–Kier alpha value is -2.57. The summed E-state index contributed by atoms with van der Waals surface area (Å²) < 4.78 is 6.52. The Bertz CT molecular complexity index is 1050. The number of hydrogen-bond acceptors (Lipinski definition) is 4. The van der Waals surface area contributed by atoms with Crippen molar-refractivity contribution < 1.29 is 9.53 Å². The molecule has 0 atom stereocenters. The van der Waals surface area contributed by atoms with E-state index in [1.165, 1.54) is 23.0 Å². The normalized spacial score (nSPS) is 10.8. The van der Waals surface area contributed by atoms with E-state index in [1.807, 2.05) is 24.3 Å². The molecule has 1 aromatic heterocycles. The van der Waals surface area contributed by atoms with E-state index in [4.69, 9.17) is 27.9 Å². The molecule has 2 aromatic carbocycles. The molecule has 0 fully saturated rings. The van der Waals surface area contributed by atoms with Gasteiger partial charge in [0.25, 0.3) is 5.56 Å². The zero-order chi connectivity index (χ0) is 19.4. The van der Waals surface area contributed by atoms with E-state index in [2.05, 4.69) is 10.3 Å². The molecule has 0 aliphatic heterocycles. The summed E-state index contributed by atoms with van der Waals surface area (Å²) >= 11 is 12.0. The molecule has 0 unspecified atom stereocenters. The average Bonchev–Trinajstić information content (AvgIpc) is 2.65. The maximum absolute atomic E-state index is 12.6. The van der Waals surface area contributed by atoms with Crippen LogP contribution in [-0.4, -0.2) is 29.1 Å². The number of methoxy groups -OCH3 is 1. The zero-order valence-corrected chi connectivity index (χ0v) is 16.0. The van der Waals surface area contributed by atoms with E-state index in [1.54, 1.807) is 7.11 Å². The molecule has 0 saturated carbocycles. The zero-order valence-electron chi connectivity index (χ0n) is 14.5. The Morgan fingerprint density at radius 1 is 1.26 bits per heavy atom. The van der Waals surface area contributed by atoms with Crippen molar-refractivity contribution in [2.75, 3.05) is 13.7 Å². The van der Waals surface area contributed by atoms with Crippen molar-refractivity contribution in [2.24, 2.45) is 0 Å². The van der Waals surface area contributed by atoms with Crippen molar-refractivity contribution in [2.45, 2.75) is 13.0 Å². The van der Waals surface area contributed by atoms with Gasteiger partial charge >= 0.3 is 0 Å². The molecule has 3 aromatic rings. The number of nitrogens with one attached hydrogen (secondary N) is 1. The monoisotopic (exact) mass is 405 g/mol. The summed E-state index contributed by atoms with van der Waals surface area (Å²) in [5.74, 6) is 0.483. The van der Waals surface area contributed by atoms with Crippen LogP contribution in [0.4, 0.5) is 0 Å². The number of benzene rings is 2. The third kappa shape index (κ3) is 4.40. The SMILES string of the molecule is COc1ccccc1CCNC(=O)Cn1cnc2c(Cl)cc(Cl)cc2c1=O. The van der Waals surface area contributed by atoms with Crippen molar-refractivity contribution in [3.8, 4) is 5.75 Å². The Labute approximate surface area is 165 Å². The average molecular weight is 406 g/mol. The number of ether oxygens (including phenoxy) is 1. The second kappa shape index (κ2) is 8.41. The molecule has 1 N–H and O–H groups in total. The van der Waals surface area contributed by atoms with Crippen LogP contribution in [0.2, 0.25) is 10.0 Å². The summed E-state index contributed by atoms with van der Waals surface area (Å²) in [6, 6.07) is 10.6. The predicted octanol–water partition coefficient (Wildman–Crippen LogP) is 3.07. The Kier molecular flexibility index (Phi) is 5.98. The number of amides is 1. The minimum Gasteiger partial charge on any atom is -0.496 e. The molecule has 140 valence electrons. The standard InChI is InChI=1S/C19H17Cl2N3O3/c1-27-16-5-3-2-4-12(16)6-7-22-17(25)10-24-11-23-18-14(19(24)26)8-13(20)9-15(18)21/h2-5,8-9,11H,6-7,10H2,1H3,(H,22,25). The van der Waals surface area contributed by atoms with E-state index in [0.717, 1.165) is 11.3 Å². The number of carbonyl (C=O) groups excluding carboxylic acids is 1. The van der Waals surface area contributed by atoms with Crippen LogP contribution in [0.1, 0.15) is 5.56 Å². The fourth-order valence-corrected chi connectivity index (χ4v) is 3.31. The summed E-state index contributed by atoms with van der Waals surface area (Å²) in [6.07, 6.45) is 1.93. The van der Waals surface area contributed by atoms with Crippen molar-refractivity contribution in [1.82, 2.24) is 14.9 Å². The van der Waals surface area contributed by atoms with Gasteiger partial charge < -0.3 is 10.1 Å². The maximum atomic E-state index is 12.6. The molecule has 0 radical (unpaired) electrons. The summed E-state index contributed by atoms with van der Waals surface area (Å²) in [4.78, 5) is 28.9. The molecule has 8 heteroatoms. The lowest BCUT2D eigenvalue weighted by Crippen LogP contribution is -2.33. The highest BCUT2D eigenvalue weighted by Gasteiger charge is 2.11. The van der Waals surface area contributed by atoms with Crippen LogP contribution in [0.5, 0.6) is 5.75 Å². The van der Waals surface area contributed by atoms with Gasteiger partial charge in [-0.15, -0.1) is 0 Å². The Morgan fingerprint density at radius 3 is 2.81 bits per heavy atom. The van der Waals surface area contributed by atoms with Crippen molar-refractivity contribution in [1.29, 1.82) is 0 Å². The van der Waals surface area contributed by atoms with Gasteiger partial charge in [0.15, 0.2) is 0 Å². The second-order valence-electron chi connectivity index (χ2n) is 5.87. The molecule has 1 heterocycles. The van der Waals surface area contributed by atoms with E-state index < -0.39 is 0 Å². The first-order valence-electron chi connectivity index (χ1n) is 8.22.